The van der Waals surface area contributed by atoms with Gasteiger partial charge in [-0.15, -0.1) is 0 Å². The molecule has 0 spiro atoms. The summed E-state index contributed by atoms with van der Waals surface area (Å²) in [7, 11) is 3.69. The van der Waals surface area contributed by atoms with Crippen LogP contribution >= 0.6 is 21.6 Å². The maximum absolute atomic E-state index is 8.05. The maximum Gasteiger partial charge on any atom is 0.0605 e. The molecule has 11 heavy (non-hydrogen) atoms. The fraction of sp³-hybridized carbons (Fsp3) is 0.667. The summed E-state index contributed by atoms with van der Waals surface area (Å²) in [4.78, 5) is 0. The molecule has 0 atom stereocenters. The van der Waals surface area contributed by atoms with Crippen LogP contribution in [-0.2, 0) is 0 Å². The van der Waals surface area contributed by atoms with E-state index >= 15 is 0 Å². The summed E-state index contributed by atoms with van der Waals surface area (Å²) in [5.41, 5.74) is 4.97. The van der Waals surface area contributed by atoms with E-state index in [1.165, 1.54) is 5.75 Å². The monoisotopic (exact) mass is 195 g/mol. The highest BCUT2D eigenvalue weighted by Gasteiger charge is 1.91. The van der Waals surface area contributed by atoms with Gasteiger partial charge in [-0.05, 0) is 5.41 Å². The maximum atomic E-state index is 8.05. The van der Waals surface area contributed by atoms with Crippen molar-refractivity contribution in [1.82, 2.24) is 0 Å². The number of aliphatic hydroxyl groups excluding tert-OH is 2. The van der Waals surface area contributed by atoms with Crippen molar-refractivity contribution in [3.63, 3.8) is 0 Å². The molecule has 0 bridgehead atoms. The molecular weight excluding hydrogens is 182 g/mol. The van der Waals surface area contributed by atoms with Crippen molar-refractivity contribution in [2.45, 2.75) is 6.04 Å². The van der Waals surface area contributed by atoms with Crippen molar-refractivity contribution in [3.8, 4) is 0 Å². The van der Waals surface area contributed by atoms with Crippen molar-refractivity contribution in [1.29, 1.82) is 0 Å². The van der Waals surface area contributed by atoms with Gasteiger partial charge in [0, 0.05) is 5.75 Å². The Kier molecular flexibility index (Phi) is 8.66. The minimum absolute atomic E-state index is 0.142. The summed E-state index contributed by atoms with van der Waals surface area (Å²) < 4.78 is 0. The van der Waals surface area contributed by atoms with Crippen LogP contribution in [0.25, 0.3) is 0 Å². The lowest BCUT2D eigenvalue weighted by Crippen LogP contribution is -2.27. The molecule has 66 valence electrons. The summed E-state index contributed by atoms with van der Waals surface area (Å²) in [6.45, 7) is -0.285. The van der Waals surface area contributed by atoms with E-state index in [0.717, 1.165) is 0 Å². The quantitative estimate of drug-likeness (QED) is 0.549. The zero-order chi connectivity index (χ0) is 8.53. The lowest BCUT2D eigenvalue weighted by atomic mass is 10.4. The van der Waals surface area contributed by atoms with Crippen LogP contribution in [0.3, 0.4) is 0 Å². The van der Waals surface area contributed by atoms with Crippen LogP contribution in [-0.4, -0.2) is 35.2 Å². The largest absolute Gasteiger partial charge is 0.395 e. The van der Waals surface area contributed by atoms with Gasteiger partial charge in [0.25, 0.3) is 0 Å². The number of rotatable bonds is 2. The first-order valence-corrected chi connectivity index (χ1v) is 5.60. The van der Waals surface area contributed by atoms with Gasteiger partial charge < -0.3 is 15.9 Å². The SMILES string of the molecule is C1=CSSC1.NC(CO)CO. The van der Waals surface area contributed by atoms with Crippen LogP contribution in [0, 0.1) is 0 Å². The standard InChI is InChI=1S/C3H9NO2.C3H4S2/c4-3(1-5)2-6;1-2-4-5-3-1/h3,5-6H,1-2,4H2;1-2H,3H2. The van der Waals surface area contributed by atoms with E-state index in [4.69, 9.17) is 15.9 Å². The van der Waals surface area contributed by atoms with Gasteiger partial charge in [-0.1, -0.05) is 27.7 Å². The second-order valence-electron chi connectivity index (χ2n) is 1.88. The van der Waals surface area contributed by atoms with Crippen molar-refractivity contribution in [2.24, 2.45) is 5.73 Å². The molecule has 5 heteroatoms. The van der Waals surface area contributed by atoms with Crippen molar-refractivity contribution >= 4 is 21.6 Å². The highest BCUT2D eigenvalue weighted by Crippen LogP contribution is 2.27. The van der Waals surface area contributed by atoms with Gasteiger partial charge in [-0.2, -0.15) is 0 Å². The normalized spacial score (nSPS) is 14.9. The molecule has 1 heterocycles. The molecule has 0 radical (unpaired) electrons. The molecule has 0 aliphatic carbocycles. The second-order valence-corrected chi connectivity index (χ2v) is 4.20. The van der Waals surface area contributed by atoms with E-state index in [0.29, 0.717) is 0 Å². The van der Waals surface area contributed by atoms with Crippen molar-refractivity contribution in [2.75, 3.05) is 19.0 Å². The molecule has 0 aromatic heterocycles. The minimum atomic E-state index is -0.454. The van der Waals surface area contributed by atoms with Crippen molar-refractivity contribution < 1.29 is 10.2 Å². The Morgan fingerprint density at radius 2 is 2.09 bits per heavy atom. The number of aliphatic hydroxyl groups is 2. The molecule has 0 amide bonds. The summed E-state index contributed by atoms with van der Waals surface area (Å²) in [5.74, 6) is 1.20. The predicted octanol–water partition coefficient (Wildman–Crippen LogP) is 0.193. The molecule has 0 aromatic rings. The first kappa shape index (κ1) is 11.3. The number of hydrogen-bond donors (Lipinski definition) is 3. The molecular formula is C6H13NO2S2. The third-order valence-corrected chi connectivity index (χ3v) is 2.77. The fourth-order valence-corrected chi connectivity index (χ4v) is 1.83. The molecule has 0 saturated heterocycles. The van der Waals surface area contributed by atoms with Crippen molar-refractivity contribution in [3.05, 3.63) is 11.5 Å². The summed E-state index contributed by atoms with van der Waals surface area (Å²) in [6, 6.07) is -0.454. The average Bonchev–Trinajstić information content (AvgIpc) is 2.60. The minimum Gasteiger partial charge on any atom is -0.395 e. The molecule has 0 aromatic carbocycles. The van der Waals surface area contributed by atoms with E-state index in [1.807, 2.05) is 21.6 Å². The van der Waals surface area contributed by atoms with E-state index in [2.05, 4.69) is 11.5 Å². The van der Waals surface area contributed by atoms with E-state index in [-0.39, 0.29) is 13.2 Å². The predicted molar refractivity (Wildman–Crippen MR) is 51.3 cm³/mol. The van der Waals surface area contributed by atoms with Crippen LogP contribution in [0.4, 0.5) is 0 Å². The lowest BCUT2D eigenvalue weighted by molar-refractivity contribution is 0.194. The molecule has 0 fully saturated rings. The van der Waals surface area contributed by atoms with Gasteiger partial charge in [0.2, 0.25) is 0 Å². The summed E-state index contributed by atoms with van der Waals surface area (Å²) in [6.07, 6.45) is 2.16. The zero-order valence-corrected chi connectivity index (χ0v) is 7.77. The van der Waals surface area contributed by atoms with Gasteiger partial charge in [0.15, 0.2) is 0 Å². The number of nitrogens with two attached hydrogens (primary N) is 1. The van der Waals surface area contributed by atoms with Gasteiger partial charge in [0.1, 0.15) is 0 Å². The zero-order valence-electron chi connectivity index (χ0n) is 6.14. The average molecular weight is 195 g/mol. The Morgan fingerprint density at radius 3 is 2.18 bits per heavy atom. The lowest BCUT2D eigenvalue weighted by Gasteiger charge is -1.98. The van der Waals surface area contributed by atoms with Crippen LogP contribution in [0.1, 0.15) is 0 Å². The molecule has 1 aliphatic rings. The highest BCUT2D eigenvalue weighted by atomic mass is 33.1. The summed E-state index contributed by atoms with van der Waals surface area (Å²) in [5, 5.41) is 18.2. The smallest absolute Gasteiger partial charge is 0.0605 e. The summed E-state index contributed by atoms with van der Waals surface area (Å²) >= 11 is 0. The van der Waals surface area contributed by atoms with E-state index in [1.54, 1.807) is 0 Å². The Balaban J connectivity index is 0.000000183. The van der Waals surface area contributed by atoms with Crippen LogP contribution in [0.2, 0.25) is 0 Å². The first-order valence-electron chi connectivity index (χ1n) is 3.21. The Bertz CT molecular complexity index is 101. The van der Waals surface area contributed by atoms with Crippen LogP contribution < -0.4 is 5.73 Å². The highest BCUT2D eigenvalue weighted by molar-refractivity contribution is 8.78. The third-order valence-electron chi connectivity index (χ3n) is 0.853. The second kappa shape index (κ2) is 8.42. The molecule has 1 rings (SSSR count). The van der Waals surface area contributed by atoms with Gasteiger partial charge in [0.05, 0.1) is 19.3 Å². The fourth-order valence-electron chi connectivity index (χ4n) is 0.254. The Hall–Kier alpha value is 0.320. The molecule has 0 saturated carbocycles. The Labute approximate surface area is 74.4 Å². The molecule has 3 nitrogen and oxygen atoms in total. The molecule has 1 aliphatic heterocycles. The molecule has 0 unspecified atom stereocenters. The van der Waals surface area contributed by atoms with Gasteiger partial charge in [-0.3, -0.25) is 0 Å². The number of hydrogen-bond acceptors (Lipinski definition) is 5. The first-order chi connectivity index (χ1) is 5.31. The van der Waals surface area contributed by atoms with Crippen LogP contribution in [0.15, 0.2) is 11.5 Å². The Morgan fingerprint density at radius 1 is 1.45 bits per heavy atom. The molecule has 4 N–H and O–H groups in total. The topological polar surface area (TPSA) is 66.5 Å². The van der Waals surface area contributed by atoms with Gasteiger partial charge in [-0.25, -0.2) is 0 Å². The van der Waals surface area contributed by atoms with E-state index < -0.39 is 6.04 Å². The third kappa shape index (κ3) is 8.22. The van der Waals surface area contributed by atoms with E-state index in [9.17, 15) is 0 Å². The van der Waals surface area contributed by atoms with Gasteiger partial charge >= 0.3 is 0 Å². The van der Waals surface area contributed by atoms with Crippen LogP contribution in [0.5, 0.6) is 0 Å².